The van der Waals surface area contributed by atoms with Gasteiger partial charge in [-0.1, -0.05) is 10.3 Å². The van der Waals surface area contributed by atoms with Crippen molar-refractivity contribution < 1.29 is 15.6 Å². The SMILES string of the molecule is CC1(C)C(=NO)C(C)(C)C1=NO.NO. The van der Waals surface area contributed by atoms with Crippen LogP contribution in [0, 0.1) is 10.8 Å². The van der Waals surface area contributed by atoms with E-state index in [4.69, 9.17) is 15.6 Å². The minimum atomic E-state index is -0.410. The molecule has 0 aliphatic heterocycles. The minimum absolute atomic E-state index is 0.410. The lowest BCUT2D eigenvalue weighted by Gasteiger charge is -2.49. The Balaban J connectivity index is 0.000000791. The predicted molar refractivity (Wildman–Crippen MR) is 52.0 cm³/mol. The standard InChI is InChI=1S/C8H14N2O2.H3NO/c1-7(2)5(9-11)8(3,4)6(7)10-12;1-2/h11-12H,1-4H3;2H,1H2. The van der Waals surface area contributed by atoms with E-state index in [9.17, 15) is 0 Å². The van der Waals surface area contributed by atoms with Crippen LogP contribution in [0.2, 0.25) is 0 Å². The molecule has 0 atom stereocenters. The Morgan fingerprint density at radius 3 is 1.21 bits per heavy atom. The smallest absolute Gasteiger partial charge is 0.0798 e. The van der Waals surface area contributed by atoms with Crippen LogP contribution in [0.5, 0.6) is 0 Å². The van der Waals surface area contributed by atoms with E-state index in [1.807, 2.05) is 27.7 Å². The maximum Gasteiger partial charge on any atom is 0.0798 e. The molecule has 0 heterocycles. The highest BCUT2D eigenvalue weighted by atomic mass is 16.4. The van der Waals surface area contributed by atoms with Crippen molar-refractivity contribution in [1.29, 1.82) is 0 Å². The van der Waals surface area contributed by atoms with Crippen molar-refractivity contribution in [3.8, 4) is 0 Å². The van der Waals surface area contributed by atoms with Crippen LogP contribution < -0.4 is 5.90 Å². The van der Waals surface area contributed by atoms with Crippen LogP contribution in [0.3, 0.4) is 0 Å². The summed E-state index contributed by atoms with van der Waals surface area (Å²) in [6.07, 6.45) is 0. The van der Waals surface area contributed by atoms with Gasteiger partial charge in [0.15, 0.2) is 0 Å². The second-order valence-corrected chi connectivity index (χ2v) is 4.15. The maximum atomic E-state index is 8.72. The molecule has 1 saturated carbocycles. The summed E-state index contributed by atoms with van der Waals surface area (Å²) in [6, 6.07) is 0. The first-order valence-corrected chi connectivity index (χ1v) is 4.11. The third-order valence-corrected chi connectivity index (χ3v) is 2.57. The number of rotatable bonds is 0. The van der Waals surface area contributed by atoms with Crippen molar-refractivity contribution in [3.63, 3.8) is 0 Å². The van der Waals surface area contributed by atoms with Crippen LogP contribution in [-0.2, 0) is 0 Å². The summed E-state index contributed by atoms with van der Waals surface area (Å²) in [7, 11) is 0. The summed E-state index contributed by atoms with van der Waals surface area (Å²) in [5.41, 5.74) is 0.491. The average Bonchev–Trinajstić information content (AvgIpc) is 2.06. The Morgan fingerprint density at radius 2 is 1.07 bits per heavy atom. The van der Waals surface area contributed by atoms with Crippen LogP contribution in [-0.4, -0.2) is 27.0 Å². The second kappa shape index (κ2) is 3.93. The van der Waals surface area contributed by atoms with Gasteiger partial charge in [-0.15, -0.1) is 0 Å². The fourth-order valence-corrected chi connectivity index (χ4v) is 2.22. The van der Waals surface area contributed by atoms with Crippen LogP contribution in [0.25, 0.3) is 0 Å². The molecule has 0 saturated heterocycles. The third kappa shape index (κ3) is 1.46. The van der Waals surface area contributed by atoms with Gasteiger partial charge in [0.25, 0.3) is 0 Å². The number of hydrogen-bond donors (Lipinski definition) is 4. The molecule has 1 rings (SSSR count). The van der Waals surface area contributed by atoms with Gasteiger partial charge < -0.3 is 15.6 Å². The quantitative estimate of drug-likeness (QED) is 0.348. The lowest BCUT2D eigenvalue weighted by atomic mass is 9.52. The monoisotopic (exact) mass is 203 g/mol. The molecule has 0 aromatic rings. The fourth-order valence-electron chi connectivity index (χ4n) is 2.22. The maximum absolute atomic E-state index is 8.72. The van der Waals surface area contributed by atoms with Crippen molar-refractivity contribution in [2.24, 2.45) is 27.0 Å². The summed E-state index contributed by atoms with van der Waals surface area (Å²) in [5.74, 6) is 3.50. The molecule has 0 bridgehead atoms. The average molecular weight is 203 g/mol. The molecule has 1 aliphatic rings. The minimum Gasteiger partial charge on any atom is -0.411 e. The van der Waals surface area contributed by atoms with Crippen LogP contribution in [0.1, 0.15) is 27.7 Å². The molecule has 0 spiro atoms. The van der Waals surface area contributed by atoms with Gasteiger partial charge in [-0.3, -0.25) is 0 Å². The zero-order valence-electron chi connectivity index (χ0n) is 8.81. The van der Waals surface area contributed by atoms with Gasteiger partial charge in [0.2, 0.25) is 0 Å². The molecular formula is C8H17N3O3. The van der Waals surface area contributed by atoms with Gasteiger partial charge in [-0.25, -0.2) is 5.90 Å². The molecule has 6 heteroatoms. The van der Waals surface area contributed by atoms with Gasteiger partial charge in [0.1, 0.15) is 0 Å². The van der Waals surface area contributed by atoms with Gasteiger partial charge in [-0.2, -0.15) is 0 Å². The molecule has 0 amide bonds. The molecule has 0 aromatic carbocycles. The van der Waals surface area contributed by atoms with E-state index in [1.165, 1.54) is 0 Å². The number of hydrogen-bond acceptors (Lipinski definition) is 6. The van der Waals surface area contributed by atoms with E-state index in [0.29, 0.717) is 11.4 Å². The molecular weight excluding hydrogens is 186 g/mol. The molecule has 0 unspecified atom stereocenters. The number of oxime groups is 2. The first-order chi connectivity index (χ1) is 6.39. The summed E-state index contributed by atoms with van der Waals surface area (Å²) >= 11 is 0. The largest absolute Gasteiger partial charge is 0.411 e. The Kier molecular flexibility index (Phi) is 3.61. The molecule has 0 radical (unpaired) electrons. The molecule has 6 nitrogen and oxygen atoms in total. The zero-order chi connectivity index (χ0) is 11.6. The summed E-state index contributed by atoms with van der Waals surface area (Å²) < 4.78 is 0. The van der Waals surface area contributed by atoms with Gasteiger partial charge in [-0.05, 0) is 27.7 Å². The van der Waals surface area contributed by atoms with E-state index >= 15 is 0 Å². The summed E-state index contributed by atoms with van der Waals surface area (Å²) in [5, 5.41) is 30.4. The Morgan fingerprint density at radius 1 is 0.857 bits per heavy atom. The van der Waals surface area contributed by atoms with Crippen molar-refractivity contribution in [1.82, 2.24) is 0 Å². The van der Waals surface area contributed by atoms with Crippen molar-refractivity contribution >= 4 is 11.4 Å². The molecule has 1 aliphatic carbocycles. The third-order valence-electron chi connectivity index (χ3n) is 2.57. The van der Waals surface area contributed by atoms with Crippen molar-refractivity contribution in [3.05, 3.63) is 0 Å². The van der Waals surface area contributed by atoms with E-state index < -0.39 is 10.8 Å². The van der Waals surface area contributed by atoms with Crippen molar-refractivity contribution in [2.45, 2.75) is 27.7 Å². The number of nitrogens with two attached hydrogens (primary N) is 1. The molecule has 14 heavy (non-hydrogen) atoms. The fraction of sp³-hybridized carbons (Fsp3) is 0.750. The van der Waals surface area contributed by atoms with Crippen LogP contribution in [0.4, 0.5) is 0 Å². The Bertz CT molecular complexity index is 225. The van der Waals surface area contributed by atoms with Gasteiger partial charge in [0.05, 0.1) is 11.4 Å². The van der Waals surface area contributed by atoms with Crippen molar-refractivity contribution in [2.75, 3.05) is 0 Å². The van der Waals surface area contributed by atoms with E-state index in [1.54, 1.807) is 0 Å². The first kappa shape index (κ1) is 12.9. The van der Waals surface area contributed by atoms with Crippen LogP contribution in [0.15, 0.2) is 10.3 Å². The lowest BCUT2D eigenvalue weighted by Crippen LogP contribution is -2.61. The lowest BCUT2D eigenvalue weighted by molar-refractivity contribution is 0.278. The highest BCUT2D eigenvalue weighted by Crippen LogP contribution is 2.47. The van der Waals surface area contributed by atoms with E-state index in [0.717, 1.165) is 0 Å². The first-order valence-electron chi connectivity index (χ1n) is 4.11. The van der Waals surface area contributed by atoms with Gasteiger partial charge in [0, 0.05) is 10.8 Å². The van der Waals surface area contributed by atoms with Gasteiger partial charge >= 0.3 is 0 Å². The van der Waals surface area contributed by atoms with E-state index in [-0.39, 0.29) is 0 Å². The normalized spacial score (nSPS) is 21.6. The summed E-state index contributed by atoms with van der Waals surface area (Å²) in [4.78, 5) is 0. The summed E-state index contributed by atoms with van der Waals surface area (Å²) in [6.45, 7) is 7.45. The second-order valence-electron chi connectivity index (χ2n) is 4.15. The molecule has 5 N–H and O–H groups in total. The highest BCUT2D eigenvalue weighted by molar-refractivity contribution is 6.33. The zero-order valence-corrected chi connectivity index (χ0v) is 8.81. The molecule has 1 fully saturated rings. The number of nitrogens with zero attached hydrogens (tertiary/aromatic N) is 2. The Hall–Kier alpha value is -1.14. The van der Waals surface area contributed by atoms with E-state index in [2.05, 4.69) is 16.2 Å². The Labute approximate surface area is 82.7 Å². The topological polar surface area (TPSA) is 111 Å². The highest BCUT2D eigenvalue weighted by Gasteiger charge is 2.58. The molecule has 82 valence electrons. The predicted octanol–water partition coefficient (Wildman–Crippen LogP) is 1.05. The van der Waals surface area contributed by atoms with Crippen LogP contribution >= 0.6 is 0 Å². The molecule has 0 aromatic heterocycles.